The van der Waals surface area contributed by atoms with E-state index in [9.17, 15) is 0 Å². The number of hydrogen-bond acceptors (Lipinski definition) is 3. The van der Waals surface area contributed by atoms with Gasteiger partial charge in [0.25, 0.3) is 0 Å². The standard InChI is InChI=1S/C11H16BrN3/c1-8-10(12)3-4-11(13-8)14-9-5-6-15(2)7-9/h3-4,9H,5-7H2,1-2H3,(H,13,14). The lowest BCUT2D eigenvalue weighted by atomic mass is 10.2. The van der Waals surface area contributed by atoms with E-state index in [2.05, 4.69) is 38.2 Å². The van der Waals surface area contributed by atoms with Gasteiger partial charge in [-0.05, 0) is 55.0 Å². The average molecular weight is 270 g/mol. The highest BCUT2D eigenvalue weighted by Crippen LogP contribution is 2.18. The van der Waals surface area contributed by atoms with Crippen LogP contribution in [0.3, 0.4) is 0 Å². The molecule has 1 aromatic heterocycles. The summed E-state index contributed by atoms with van der Waals surface area (Å²) in [5.41, 5.74) is 1.03. The van der Waals surface area contributed by atoms with Gasteiger partial charge in [0.1, 0.15) is 5.82 Å². The smallest absolute Gasteiger partial charge is 0.126 e. The molecule has 0 saturated carbocycles. The molecule has 0 aromatic carbocycles. The first-order valence-electron chi connectivity index (χ1n) is 5.23. The molecule has 1 N–H and O–H groups in total. The number of rotatable bonds is 2. The third-order valence-electron chi connectivity index (χ3n) is 2.76. The van der Waals surface area contributed by atoms with Crippen molar-refractivity contribution in [3.8, 4) is 0 Å². The van der Waals surface area contributed by atoms with Gasteiger partial charge < -0.3 is 10.2 Å². The van der Waals surface area contributed by atoms with E-state index in [0.29, 0.717) is 6.04 Å². The Labute approximate surface area is 99.0 Å². The van der Waals surface area contributed by atoms with Crippen LogP contribution >= 0.6 is 15.9 Å². The van der Waals surface area contributed by atoms with E-state index >= 15 is 0 Å². The minimum absolute atomic E-state index is 0.545. The van der Waals surface area contributed by atoms with Crippen molar-refractivity contribution in [2.75, 3.05) is 25.5 Å². The third kappa shape index (κ3) is 2.69. The fourth-order valence-electron chi connectivity index (χ4n) is 1.89. The monoisotopic (exact) mass is 269 g/mol. The molecule has 2 rings (SSSR count). The second-order valence-electron chi connectivity index (χ2n) is 4.16. The largest absolute Gasteiger partial charge is 0.366 e. The maximum Gasteiger partial charge on any atom is 0.126 e. The summed E-state index contributed by atoms with van der Waals surface area (Å²) in [6.45, 7) is 4.29. The molecule has 1 unspecified atom stereocenters. The molecule has 15 heavy (non-hydrogen) atoms. The number of halogens is 1. The Morgan fingerprint density at radius 1 is 1.53 bits per heavy atom. The predicted octanol–water partition coefficient (Wildman–Crippen LogP) is 2.27. The van der Waals surface area contributed by atoms with E-state index in [1.54, 1.807) is 0 Å². The number of pyridine rings is 1. The SMILES string of the molecule is Cc1nc(NC2CCN(C)C2)ccc1Br. The normalized spacial score (nSPS) is 21.9. The highest BCUT2D eigenvalue weighted by Gasteiger charge is 2.19. The van der Waals surface area contributed by atoms with Crippen molar-refractivity contribution in [1.29, 1.82) is 0 Å². The summed E-state index contributed by atoms with van der Waals surface area (Å²) in [7, 11) is 2.15. The Morgan fingerprint density at radius 2 is 2.33 bits per heavy atom. The van der Waals surface area contributed by atoms with Crippen LogP contribution in [0.2, 0.25) is 0 Å². The average Bonchev–Trinajstić information content (AvgIpc) is 2.58. The van der Waals surface area contributed by atoms with Gasteiger partial charge in [-0.3, -0.25) is 0 Å². The van der Waals surface area contributed by atoms with Crippen LogP contribution in [-0.2, 0) is 0 Å². The molecule has 0 amide bonds. The van der Waals surface area contributed by atoms with Crippen LogP contribution in [0.1, 0.15) is 12.1 Å². The molecular weight excluding hydrogens is 254 g/mol. The van der Waals surface area contributed by atoms with Crippen LogP contribution in [0.5, 0.6) is 0 Å². The zero-order chi connectivity index (χ0) is 10.8. The van der Waals surface area contributed by atoms with Gasteiger partial charge in [0, 0.05) is 17.1 Å². The minimum Gasteiger partial charge on any atom is -0.366 e. The van der Waals surface area contributed by atoms with Gasteiger partial charge in [0.05, 0.1) is 5.69 Å². The molecule has 1 aliphatic rings. The fraction of sp³-hybridized carbons (Fsp3) is 0.545. The summed E-state index contributed by atoms with van der Waals surface area (Å²) >= 11 is 3.45. The molecule has 0 aliphatic carbocycles. The number of anilines is 1. The topological polar surface area (TPSA) is 28.2 Å². The molecule has 1 fully saturated rings. The van der Waals surface area contributed by atoms with Gasteiger partial charge in [0.15, 0.2) is 0 Å². The lowest BCUT2D eigenvalue weighted by Gasteiger charge is -2.14. The number of hydrogen-bond donors (Lipinski definition) is 1. The van der Waals surface area contributed by atoms with Gasteiger partial charge in [-0.1, -0.05) is 0 Å². The number of nitrogens with zero attached hydrogens (tertiary/aromatic N) is 2. The van der Waals surface area contributed by atoms with Crippen molar-refractivity contribution in [3.63, 3.8) is 0 Å². The molecule has 4 heteroatoms. The molecule has 1 aliphatic heterocycles. The molecular formula is C11H16BrN3. The fourth-order valence-corrected chi connectivity index (χ4v) is 2.11. The number of aryl methyl sites for hydroxylation is 1. The zero-order valence-corrected chi connectivity index (χ0v) is 10.7. The van der Waals surface area contributed by atoms with Crippen molar-refractivity contribution in [1.82, 2.24) is 9.88 Å². The van der Waals surface area contributed by atoms with Crippen LogP contribution < -0.4 is 5.32 Å². The van der Waals surface area contributed by atoms with E-state index in [-0.39, 0.29) is 0 Å². The Bertz CT molecular complexity index is 354. The summed E-state index contributed by atoms with van der Waals surface area (Å²) < 4.78 is 1.07. The van der Waals surface area contributed by atoms with Crippen LogP contribution in [0, 0.1) is 6.92 Å². The molecule has 1 atom stereocenters. The third-order valence-corrected chi connectivity index (χ3v) is 3.60. The van der Waals surface area contributed by atoms with Gasteiger partial charge in [0.2, 0.25) is 0 Å². The van der Waals surface area contributed by atoms with Crippen molar-refractivity contribution in [2.45, 2.75) is 19.4 Å². The quantitative estimate of drug-likeness (QED) is 0.893. The highest BCUT2D eigenvalue weighted by atomic mass is 79.9. The maximum atomic E-state index is 4.48. The zero-order valence-electron chi connectivity index (χ0n) is 9.13. The highest BCUT2D eigenvalue weighted by molar-refractivity contribution is 9.10. The van der Waals surface area contributed by atoms with Gasteiger partial charge in [-0.15, -0.1) is 0 Å². The molecule has 1 aromatic rings. The summed E-state index contributed by atoms with van der Waals surface area (Å²) in [5, 5.41) is 3.47. The Morgan fingerprint density at radius 3 is 2.93 bits per heavy atom. The summed E-state index contributed by atoms with van der Waals surface area (Å²) in [5.74, 6) is 0.982. The van der Waals surface area contributed by atoms with Crippen LogP contribution in [0.15, 0.2) is 16.6 Å². The van der Waals surface area contributed by atoms with Crippen molar-refractivity contribution < 1.29 is 0 Å². The maximum absolute atomic E-state index is 4.48. The molecule has 1 saturated heterocycles. The van der Waals surface area contributed by atoms with Crippen molar-refractivity contribution in [3.05, 3.63) is 22.3 Å². The van der Waals surface area contributed by atoms with Crippen molar-refractivity contribution in [2.24, 2.45) is 0 Å². The first-order chi connectivity index (χ1) is 7.15. The summed E-state index contributed by atoms with van der Waals surface area (Å²) in [4.78, 5) is 6.82. The molecule has 0 radical (unpaired) electrons. The first kappa shape index (κ1) is 10.9. The summed E-state index contributed by atoms with van der Waals surface area (Å²) in [6, 6.07) is 4.61. The number of likely N-dealkylation sites (tertiary alicyclic amines) is 1. The van der Waals surface area contributed by atoms with E-state index in [1.165, 1.54) is 13.0 Å². The minimum atomic E-state index is 0.545. The van der Waals surface area contributed by atoms with Crippen molar-refractivity contribution >= 4 is 21.7 Å². The van der Waals surface area contributed by atoms with E-state index in [4.69, 9.17) is 0 Å². The Kier molecular flexibility index (Phi) is 3.26. The Hall–Kier alpha value is -0.610. The number of likely N-dealkylation sites (N-methyl/N-ethyl adjacent to an activating group) is 1. The summed E-state index contributed by atoms with van der Waals surface area (Å²) in [6.07, 6.45) is 1.20. The van der Waals surface area contributed by atoms with E-state index in [0.717, 1.165) is 22.5 Å². The number of nitrogens with one attached hydrogen (secondary N) is 1. The molecule has 82 valence electrons. The van der Waals surface area contributed by atoms with Crippen LogP contribution in [0.4, 0.5) is 5.82 Å². The Balaban J connectivity index is 2.02. The van der Waals surface area contributed by atoms with E-state index in [1.807, 2.05) is 19.1 Å². The second-order valence-corrected chi connectivity index (χ2v) is 5.01. The van der Waals surface area contributed by atoms with Crippen LogP contribution in [0.25, 0.3) is 0 Å². The van der Waals surface area contributed by atoms with Gasteiger partial charge >= 0.3 is 0 Å². The number of aromatic nitrogens is 1. The predicted molar refractivity (Wildman–Crippen MR) is 66.2 cm³/mol. The van der Waals surface area contributed by atoms with E-state index < -0.39 is 0 Å². The second kappa shape index (κ2) is 4.49. The molecule has 2 heterocycles. The van der Waals surface area contributed by atoms with Gasteiger partial charge in [-0.25, -0.2) is 4.98 Å². The molecule has 3 nitrogen and oxygen atoms in total. The van der Waals surface area contributed by atoms with Crippen LogP contribution in [-0.4, -0.2) is 36.1 Å². The lowest BCUT2D eigenvalue weighted by molar-refractivity contribution is 0.414. The molecule has 0 spiro atoms. The lowest BCUT2D eigenvalue weighted by Crippen LogP contribution is -2.24. The first-order valence-corrected chi connectivity index (χ1v) is 6.02. The molecule has 0 bridgehead atoms. The van der Waals surface area contributed by atoms with Gasteiger partial charge in [-0.2, -0.15) is 0 Å².